The quantitative estimate of drug-likeness (QED) is 0.108. The summed E-state index contributed by atoms with van der Waals surface area (Å²) in [6, 6.07) is 182. The molecule has 0 aliphatic carbocycles. The average molecular weight is 1800 g/mol. The fourth-order valence-electron chi connectivity index (χ4n) is 17.0. The van der Waals surface area contributed by atoms with E-state index in [1.807, 2.05) is 0 Å². The van der Waals surface area contributed by atoms with Gasteiger partial charge in [-0.15, -0.1) is 0 Å². The van der Waals surface area contributed by atoms with Gasteiger partial charge in [-0.3, -0.25) is 0 Å². The third kappa shape index (κ3) is 28.5. The molecule has 0 radical (unpaired) electrons. The molecule has 139 heavy (non-hydrogen) atoms. The van der Waals surface area contributed by atoms with Gasteiger partial charge in [0.1, 0.15) is 0 Å². The lowest BCUT2D eigenvalue weighted by molar-refractivity contribution is 0.590. The van der Waals surface area contributed by atoms with Gasteiger partial charge >= 0.3 is 0 Å². The summed E-state index contributed by atoms with van der Waals surface area (Å²) in [5.41, 5.74) is 46.9. The normalized spacial score (nSPS) is 10.9. The standard InChI is InChI=1S/2C25H20.2C19H16.3C17H20/c1-19-12-14-22(15-13-19)25-17-23(20-8-4-2-5-9-20)16-24(18-25)21-10-6-3-7-11-21;1-19-12-14-20(15-13-19)23-16-17-24(21-8-4-2-5-9-21)25(18-23)22-10-6-3-7-11-22;1-15-12-13-18(16-8-4-2-5-9-16)14-19(15)17-10-6-3-7-11-17;1-15-12-13-18(16-8-4-2-5-9-16)19(14-15)17-10-6-3-7-11-17;1-13-5-7-14(8-6-13)15-9-11-16(12-10-15)17(2,3)4;2*1-13-6-5-7-15(12-13)14-8-10-16(11-9-14)17(2,3)4/h2*2-18H,1H3;2*2-14H,1H3;3*5-12H,1-4H3. The zero-order valence-electron chi connectivity index (χ0n) is 84.0. The Morgan fingerprint density at radius 2 is 0.295 bits per heavy atom. The van der Waals surface area contributed by atoms with E-state index in [1.165, 1.54) is 200 Å². The van der Waals surface area contributed by atoms with Crippen LogP contribution in [0.5, 0.6) is 0 Å². The first-order valence-corrected chi connectivity index (χ1v) is 48.8. The van der Waals surface area contributed by atoms with Gasteiger partial charge in [-0.2, -0.15) is 0 Å². The molecule has 0 saturated carbocycles. The second-order valence-corrected chi connectivity index (χ2v) is 39.4. The Morgan fingerprint density at radius 3 is 0.590 bits per heavy atom. The number of hydrogen-bond donors (Lipinski definition) is 0. The van der Waals surface area contributed by atoms with Gasteiger partial charge in [0, 0.05) is 0 Å². The first-order chi connectivity index (χ1) is 67.2. The fraction of sp³-hybridized carbons (Fsp3) is 0.137. The molecule has 688 valence electrons. The van der Waals surface area contributed by atoms with Crippen LogP contribution in [0.25, 0.3) is 145 Å². The van der Waals surface area contributed by atoms with E-state index < -0.39 is 0 Å². The molecule has 0 fully saturated rings. The second-order valence-electron chi connectivity index (χ2n) is 39.4. The van der Waals surface area contributed by atoms with E-state index in [1.54, 1.807) is 0 Å². The topological polar surface area (TPSA) is 0 Å². The molecule has 20 aromatic rings. The maximum atomic E-state index is 2.31. The highest BCUT2D eigenvalue weighted by Crippen LogP contribution is 2.40. The number of rotatable bonds is 13. The third-order valence-electron chi connectivity index (χ3n) is 25.2. The van der Waals surface area contributed by atoms with Gasteiger partial charge in [-0.05, 0) is 262 Å². The Balaban J connectivity index is 0.000000130. The zero-order valence-corrected chi connectivity index (χ0v) is 84.0. The minimum absolute atomic E-state index is 0.227. The molecule has 0 heterocycles. The van der Waals surface area contributed by atoms with Crippen molar-refractivity contribution in [2.75, 3.05) is 0 Å². The largest absolute Gasteiger partial charge is 0.0622 e. The summed E-state index contributed by atoms with van der Waals surface area (Å²) in [6.45, 7) is 35.1. The Hall–Kier alpha value is -15.6. The molecule has 0 atom stereocenters. The van der Waals surface area contributed by atoms with Gasteiger partial charge in [0.2, 0.25) is 0 Å². The van der Waals surface area contributed by atoms with Crippen LogP contribution in [0.1, 0.15) is 118 Å². The van der Waals surface area contributed by atoms with Crippen LogP contribution in [-0.2, 0) is 16.2 Å². The van der Waals surface area contributed by atoms with E-state index in [0.717, 1.165) is 0 Å². The van der Waals surface area contributed by atoms with Crippen LogP contribution in [0.4, 0.5) is 0 Å². The summed E-state index contributed by atoms with van der Waals surface area (Å²) >= 11 is 0. The number of hydrogen-bond acceptors (Lipinski definition) is 0. The summed E-state index contributed by atoms with van der Waals surface area (Å²) in [6.07, 6.45) is 0. The lowest BCUT2D eigenvalue weighted by Gasteiger charge is -2.19. The second kappa shape index (κ2) is 47.7. The first-order valence-electron chi connectivity index (χ1n) is 48.8. The van der Waals surface area contributed by atoms with Crippen LogP contribution in [-0.4, -0.2) is 0 Å². The van der Waals surface area contributed by atoms with Crippen molar-refractivity contribution in [3.05, 3.63) is 565 Å². The molecule has 0 aliphatic rings. The molecule has 20 rings (SSSR count). The maximum absolute atomic E-state index is 2.31. The van der Waals surface area contributed by atoms with Gasteiger partial charge in [0.15, 0.2) is 0 Å². The molecule has 0 saturated heterocycles. The summed E-state index contributed by atoms with van der Waals surface area (Å²) < 4.78 is 0. The van der Waals surface area contributed by atoms with Gasteiger partial charge in [-0.1, -0.05) is 575 Å². The van der Waals surface area contributed by atoms with Gasteiger partial charge in [-0.25, -0.2) is 0 Å². The molecule has 0 nitrogen and oxygen atoms in total. The lowest BCUT2D eigenvalue weighted by Crippen LogP contribution is -2.10. The van der Waals surface area contributed by atoms with Crippen LogP contribution >= 0.6 is 0 Å². The van der Waals surface area contributed by atoms with Gasteiger partial charge < -0.3 is 0 Å². The Bertz CT molecular complexity index is 7030. The highest BCUT2D eigenvalue weighted by atomic mass is 14.2. The van der Waals surface area contributed by atoms with Crippen molar-refractivity contribution < 1.29 is 0 Å². The monoisotopic (exact) mass is 1800 g/mol. The smallest absolute Gasteiger partial charge is 0.00992 e. The van der Waals surface area contributed by atoms with Gasteiger partial charge in [0.05, 0.1) is 0 Å². The minimum atomic E-state index is 0.227. The van der Waals surface area contributed by atoms with Crippen molar-refractivity contribution in [3.8, 4) is 145 Å². The Kier molecular flexibility index (Phi) is 34.1. The van der Waals surface area contributed by atoms with E-state index in [0.29, 0.717) is 0 Å². The average Bonchev–Trinajstić information content (AvgIpc) is 0.792. The third-order valence-corrected chi connectivity index (χ3v) is 25.2. The van der Waals surface area contributed by atoms with E-state index in [-0.39, 0.29) is 16.2 Å². The fourth-order valence-corrected chi connectivity index (χ4v) is 17.0. The van der Waals surface area contributed by atoms with Crippen LogP contribution < -0.4 is 0 Å². The van der Waals surface area contributed by atoms with E-state index in [2.05, 4.69) is 620 Å². The predicted octanol–water partition coefficient (Wildman–Crippen LogP) is 39.5. The number of benzene rings is 20. The summed E-state index contributed by atoms with van der Waals surface area (Å²) in [4.78, 5) is 0. The Labute approximate surface area is 830 Å². The molecular weight excluding hydrogens is 1670 g/mol. The highest BCUT2D eigenvalue weighted by molar-refractivity contribution is 5.89. The maximum Gasteiger partial charge on any atom is -0.00992 e. The highest BCUT2D eigenvalue weighted by Gasteiger charge is 2.18. The molecule has 0 bridgehead atoms. The van der Waals surface area contributed by atoms with Crippen molar-refractivity contribution in [2.45, 2.75) is 127 Å². The summed E-state index contributed by atoms with van der Waals surface area (Å²) in [7, 11) is 0. The molecule has 20 aromatic carbocycles. The molecular formula is C139H132. The van der Waals surface area contributed by atoms with Crippen molar-refractivity contribution in [1.82, 2.24) is 0 Å². The first kappa shape index (κ1) is 99.4. The molecule has 0 aliphatic heterocycles. The molecule has 0 aromatic heterocycles. The summed E-state index contributed by atoms with van der Waals surface area (Å²) in [5, 5.41) is 0. The van der Waals surface area contributed by atoms with Crippen LogP contribution in [0.2, 0.25) is 0 Å². The Morgan fingerprint density at radius 1 is 0.108 bits per heavy atom. The molecule has 0 unspecified atom stereocenters. The van der Waals surface area contributed by atoms with Crippen molar-refractivity contribution in [1.29, 1.82) is 0 Å². The number of aryl methyl sites for hydroxylation is 7. The minimum Gasteiger partial charge on any atom is -0.0622 e. The molecule has 0 spiro atoms. The van der Waals surface area contributed by atoms with E-state index in [9.17, 15) is 0 Å². The van der Waals surface area contributed by atoms with E-state index in [4.69, 9.17) is 0 Å². The van der Waals surface area contributed by atoms with Gasteiger partial charge in [0.25, 0.3) is 0 Å². The van der Waals surface area contributed by atoms with Crippen molar-refractivity contribution in [3.63, 3.8) is 0 Å². The molecule has 0 amide bonds. The van der Waals surface area contributed by atoms with Crippen LogP contribution in [0, 0.1) is 48.5 Å². The lowest BCUT2D eigenvalue weighted by atomic mass is 9.86. The van der Waals surface area contributed by atoms with Crippen LogP contribution in [0.15, 0.2) is 510 Å². The van der Waals surface area contributed by atoms with E-state index >= 15 is 0 Å². The van der Waals surface area contributed by atoms with Crippen molar-refractivity contribution >= 4 is 0 Å². The van der Waals surface area contributed by atoms with Crippen molar-refractivity contribution in [2.24, 2.45) is 0 Å². The SMILES string of the molecule is Cc1ccc(-c2cc(-c3ccccc3)cc(-c3ccccc3)c2)cc1.Cc1ccc(-c2ccc(-c3ccccc3)c(-c3ccccc3)c2)cc1.Cc1ccc(-c2ccc(C(C)(C)C)cc2)cc1.Cc1ccc(-c2ccccc2)c(-c2ccccc2)c1.Cc1ccc(-c2ccccc2)cc1-c1ccccc1.Cc1cccc(-c2ccc(C(C)(C)C)cc2)c1.Cc1cccc(-c2ccc(C(C)(C)C)cc2)c1. The molecule has 0 heteroatoms. The van der Waals surface area contributed by atoms with Crippen LogP contribution in [0.3, 0.4) is 0 Å². The molecule has 0 N–H and O–H groups in total. The predicted molar refractivity (Wildman–Crippen MR) is 605 cm³/mol. The summed E-state index contributed by atoms with van der Waals surface area (Å²) in [5.74, 6) is 0. The zero-order chi connectivity index (χ0) is 97.7.